The van der Waals surface area contributed by atoms with Crippen LogP contribution in [-0.2, 0) is 5.75 Å². The Morgan fingerprint density at radius 1 is 1.05 bits per heavy atom. The number of pyridine rings is 1. The van der Waals surface area contributed by atoms with Crippen molar-refractivity contribution < 1.29 is 0 Å². The lowest BCUT2D eigenvalue weighted by molar-refractivity contribution is 1.24. The Morgan fingerprint density at radius 2 is 1.89 bits per heavy atom. The van der Waals surface area contributed by atoms with E-state index >= 15 is 0 Å². The molecule has 0 fully saturated rings. The topological polar surface area (TPSA) is 25.8 Å². The largest absolute Gasteiger partial charge is 0.230 e. The standard InChI is InChI=1S/C13H8Cl2N2S2/c14-11-6-5-8(12(15)17-11)7-18-13-16-9-3-1-2-4-10(9)19-13/h1-6H,7H2. The number of halogens is 2. The van der Waals surface area contributed by atoms with Crippen LogP contribution in [-0.4, -0.2) is 9.97 Å². The number of fused-ring (bicyclic) bond motifs is 1. The number of nitrogens with zero attached hydrogens (tertiary/aromatic N) is 2. The maximum atomic E-state index is 6.05. The predicted molar refractivity (Wildman–Crippen MR) is 83.4 cm³/mol. The normalized spacial score (nSPS) is 11.1. The van der Waals surface area contributed by atoms with Gasteiger partial charge in [0.2, 0.25) is 0 Å². The highest BCUT2D eigenvalue weighted by Crippen LogP contribution is 2.32. The van der Waals surface area contributed by atoms with Gasteiger partial charge in [-0.25, -0.2) is 9.97 Å². The monoisotopic (exact) mass is 326 g/mol. The number of aromatic nitrogens is 2. The second-order valence-corrected chi connectivity index (χ2v) is 6.82. The number of thioether (sulfide) groups is 1. The lowest BCUT2D eigenvalue weighted by Gasteiger charge is -2.01. The Balaban J connectivity index is 1.78. The van der Waals surface area contributed by atoms with E-state index in [0.717, 1.165) is 21.2 Å². The molecule has 2 aromatic heterocycles. The van der Waals surface area contributed by atoms with Gasteiger partial charge in [-0.05, 0) is 23.8 Å². The van der Waals surface area contributed by atoms with E-state index in [1.807, 2.05) is 24.3 Å². The molecular formula is C13H8Cl2N2S2. The second-order valence-electron chi connectivity index (χ2n) is 3.82. The van der Waals surface area contributed by atoms with Gasteiger partial charge in [0.15, 0.2) is 4.34 Å². The van der Waals surface area contributed by atoms with Gasteiger partial charge in [0, 0.05) is 5.75 Å². The summed E-state index contributed by atoms with van der Waals surface area (Å²) in [6, 6.07) is 11.8. The molecule has 3 aromatic rings. The Labute approximate surface area is 128 Å². The first kappa shape index (κ1) is 13.2. The molecule has 0 saturated heterocycles. The van der Waals surface area contributed by atoms with Gasteiger partial charge in [0.05, 0.1) is 10.2 Å². The number of hydrogen-bond acceptors (Lipinski definition) is 4. The summed E-state index contributed by atoms with van der Waals surface area (Å²) in [4.78, 5) is 8.60. The van der Waals surface area contributed by atoms with E-state index in [-0.39, 0.29) is 0 Å². The molecule has 0 aliphatic heterocycles. The highest BCUT2D eigenvalue weighted by Gasteiger charge is 2.07. The average Bonchev–Trinajstić information content (AvgIpc) is 2.80. The van der Waals surface area contributed by atoms with Gasteiger partial charge >= 0.3 is 0 Å². The van der Waals surface area contributed by atoms with Crippen LogP contribution in [0.15, 0.2) is 40.7 Å². The van der Waals surface area contributed by atoms with Crippen LogP contribution in [0, 0.1) is 0 Å². The Morgan fingerprint density at radius 3 is 2.68 bits per heavy atom. The Hall–Kier alpha value is -0.810. The lowest BCUT2D eigenvalue weighted by atomic mass is 10.3. The van der Waals surface area contributed by atoms with Crippen LogP contribution in [0.25, 0.3) is 10.2 Å². The Bertz CT molecular complexity index is 694. The summed E-state index contributed by atoms with van der Waals surface area (Å²) in [7, 11) is 0. The number of rotatable bonds is 3. The van der Waals surface area contributed by atoms with Gasteiger partial charge < -0.3 is 0 Å². The molecule has 0 radical (unpaired) electrons. The number of para-hydroxylation sites is 1. The van der Waals surface area contributed by atoms with Gasteiger partial charge in [-0.15, -0.1) is 11.3 Å². The van der Waals surface area contributed by atoms with Crippen molar-refractivity contribution in [2.24, 2.45) is 0 Å². The average molecular weight is 327 g/mol. The molecule has 0 unspecified atom stereocenters. The molecule has 0 N–H and O–H groups in total. The van der Waals surface area contributed by atoms with Gasteiger partial charge in [-0.1, -0.05) is 53.2 Å². The summed E-state index contributed by atoms with van der Waals surface area (Å²) in [5.74, 6) is 0.739. The van der Waals surface area contributed by atoms with Gasteiger partial charge in [-0.3, -0.25) is 0 Å². The fourth-order valence-corrected chi connectivity index (χ4v) is 4.15. The first-order valence-electron chi connectivity index (χ1n) is 5.52. The van der Waals surface area contributed by atoms with E-state index in [0.29, 0.717) is 10.3 Å². The number of hydrogen-bond donors (Lipinski definition) is 0. The molecule has 3 rings (SSSR count). The fraction of sp³-hybridized carbons (Fsp3) is 0.0769. The quantitative estimate of drug-likeness (QED) is 0.483. The van der Waals surface area contributed by atoms with Crippen LogP contribution in [0.2, 0.25) is 10.3 Å². The van der Waals surface area contributed by atoms with Crippen molar-refractivity contribution in [3.8, 4) is 0 Å². The summed E-state index contributed by atoms with van der Waals surface area (Å²) in [5, 5.41) is 0.875. The first-order chi connectivity index (χ1) is 9.22. The third kappa shape index (κ3) is 3.03. The van der Waals surface area contributed by atoms with Crippen molar-refractivity contribution >= 4 is 56.5 Å². The van der Waals surface area contributed by atoms with Crippen molar-refractivity contribution in [3.05, 3.63) is 52.3 Å². The second kappa shape index (κ2) is 5.67. The van der Waals surface area contributed by atoms with E-state index < -0.39 is 0 Å². The zero-order chi connectivity index (χ0) is 13.2. The Kier molecular flexibility index (Phi) is 3.93. The molecule has 0 bridgehead atoms. The summed E-state index contributed by atoms with van der Waals surface area (Å²) in [6.07, 6.45) is 0. The summed E-state index contributed by atoms with van der Waals surface area (Å²) in [5.41, 5.74) is 2.01. The highest BCUT2D eigenvalue weighted by atomic mass is 35.5. The molecule has 0 aliphatic carbocycles. The van der Waals surface area contributed by atoms with Crippen molar-refractivity contribution in [1.29, 1.82) is 0 Å². The summed E-state index contributed by atoms with van der Waals surface area (Å²) >= 11 is 15.2. The van der Waals surface area contributed by atoms with E-state index in [1.54, 1.807) is 29.2 Å². The molecule has 96 valence electrons. The maximum absolute atomic E-state index is 6.05. The number of thiazole rings is 1. The zero-order valence-corrected chi connectivity index (χ0v) is 12.8. The fourth-order valence-electron chi connectivity index (χ4n) is 1.60. The SMILES string of the molecule is Clc1ccc(CSc2nc3ccccc3s2)c(Cl)n1. The highest BCUT2D eigenvalue weighted by molar-refractivity contribution is 8.00. The number of benzene rings is 1. The third-order valence-corrected chi connectivity index (χ3v) is 5.28. The van der Waals surface area contributed by atoms with Crippen molar-refractivity contribution in [1.82, 2.24) is 9.97 Å². The molecule has 19 heavy (non-hydrogen) atoms. The predicted octanol–water partition coefficient (Wildman–Crippen LogP) is 5.29. The first-order valence-corrected chi connectivity index (χ1v) is 8.07. The van der Waals surface area contributed by atoms with Crippen LogP contribution >= 0.6 is 46.3 Å². The minimum atomic E-state index is 0.415. The molecule has 0 spiro atoms. The van der Waals surface area contributed by atoms with Crippen LogP contribution in [0.5, 0.6) is 0 Å². The van der Waals surface area contributed by atoms with Gasteiger partial charge in [0.1, 0.15) is 10.3 Å². The van der Waals surface area contributed by atoms with Gasteiger partial charge in [0.25, 0.3) is 0 Å². The summed E-state index contributed by atoms with van der Waals surface area (Å²) in [6.45, 7) is 0. The summed E-state index contributed by atoms with van der Waals surface area (Å²) < 4.78 is 2.23. The van der Waals surface area contributed by atoms with Crippen molar-refractivity contribution in [3.63, 3.8) is 0 Å². The van der Waals surface area contributed by atoms with Crippen LogP contribution < -0.4 is 0 Å². The molecule has 0 saturated carbocycles. The van der Waals surface area contributed by atoms with Gasteiger partial charge in [-0.2, -0.15) is 0 Å². The van der Waals surface area contributed by atoms with Crippen molar-refractivity contribution in [2.45, 2.75) is 10.1 Å². The smallest absolute Gasteiger partial charge is 0.151 e. The molecule has 2 nitrogen and oxygen atoms in total. The maximum Gasteiger partial charge on any atom is 0.151 e. The van der Waals surface area contributed by atoms with Crippen LogP contribution in [0.3, 0.4) is 0 Å². The van der Waals surface area contributed by atoms with Crippen LogP contribution in [0.1, 0.15) is 5.56 Å². The minimum Gasteiger partial charge on any atom is -0.230 e. The van der Waals surface area contributed by atoms with E-state index in [2.05, 4.69) is 16.0 Å². The molecular weight excluding hydrogens is 319 g/mol. The van der Waals surface area contributed by atoms with Crippen molar-refractivity contribution in [2.75, 3.05) is 0 Å². The van der Waals surface area contributed by atoms with E-state index in [4.69, 9.17) is 23.2 Å². The van der Waals surface area contributed by atoms with E-state index in [9.17, 15) is 0 Å². The molecule has 0 aliphatic rings. The lowest BCUT2D eigenvalue weighted by Crippen LogP contribution is -1.86. The molecule has 1 aromatic carbocycles. The van der Waals surface area contributed by atoms with Crippen LogP contribution in [0.4, 0.5) is 0 Å². The molecule has 2 heterocycles. The molecule has 6 heteroatoms. The zero-order valence-electron chi connectivity index (χ0n) is 9.64. The molecule has 0 atom stereocenters. The third-order valence-electron chi connectivity index (χ3n) is 2.52. The van der Waals surface area contributed by atoms with E-state index in [1.165, 1.54) is 4.70 Å². The molecule has 0 amide bonds. The minimum absolute atomic E-state index is 0.415.